The first-order valence-electron chi connectivity index (χ1n) is 8.20. The van der Waals surface area contributed by atoms with E-state index in [1.54, 1.807) is 19.1 Å². The lowest BCUT2D eigenvalue weighted by Crippen LogP contribution is -2.41. The highest BCUT2D eigenvalue weighted by Crippen LogP contribution is 2.26. The third kappa shape index (κ3) is 4.42. The van der Waals surface area contributed by atoms with Crippen molar-refractivity contribution in [1.29, 1.82) is 0 Å². The van der Waals surface area contributed by atoms with Gasteiger partial charge in [-0.3, -0.25) is 9.69 Å². The number of piperidine rings is 1. The molecule has 0 unspecified atom stereocenters. The van der Waals surface area contributed by atoms with Gasteiger partial charge in [0, 0.05) is 31.1 Å². The smallest absolute Gasteiger partial charge is 0.225 e. The Labute approximate surface area is 144 Å². The van der Waals surface area contributed by atoms with Crippen molar-refractivity contribution in [2.24, 2.45) is 5.92 Å². The number of carbonyl (C=O) groups is 1. The molecule has 0 radical (unpaired) electrons. The predicted molar refractivity (Wildman–Crippen MR) is 94.0 cm³/mol. The standard InChI is InChI=1S/C19H26N2O3/c1-5-10-21-11-8-15(9-12-21)19(22)20(2)14-16-6-7-17(23-3)13-18(16)24-4/h1,6-7,13,15H,8-12,14H2,2-4H3. The normalized spacial score (nSPS) is 15.6. The minimum Gasteiger partial charge on any atom is -0.497 e. The van der Waals surface area contributed by atoms with Crippen molar-refractivity contribution < 1.29 is 14.3 Å². The van der Waals surface area contributed by atoms with Crippen molar-refractivity contribution in [2.75, 3.05) is 40.9 Å². The number of amides is 1. The van der Waals surface area contributed by atoms with Crippen molar-refractivity contribution in [1.82, 2.24) is 9.80 Å². The molecule has 1 aliphatic rings. The van der Waals surface area contributed by atoms with Gasteiger partial charge in [0.2, 0.25) is 5.91 Å². The van der Waals surface area contributed by atoms with Gasteiger partial charge in [0.1, 0.15) is 11.5 Å². The molecular weight excluding hydrogens is 304 g/mol. The highest BCUT2D eigenvalue weighted by atomic mass is 16.5. The Morgan fingerprint density at radius 2 is 2.04 bits per heavy atom. The number of hydrogen-bond acceptors (Lipinski definition) is 4. The SMILES string of the molecule is C#CCN1CCC(C(=O)N(C)Cc2ccc(OC)cc2OC)CC1. The summed E-state index contributed by atoms with van der Waals surface area (Å²) in [7, 11) is 5.10. The number of methoxy groups -OCH3 is 2. The van der Waals surface area contributed by atoms with Gasteiger partial charge in [-0.15, -0.1) is 6.42 Å². The minimum absolute atomic E-state index is 0.0771. The Balaban J connectivity index is 1.96. The quantitative estimate of drug-likeness (QED) is 0.748. The Morgan fingerprint density at radius 1 is 1.33 bits per heavy atom. The molecule has 1 saturated heterocycles. The molecule has 0 N–H and O–H groups in total. The maximum atomic E-state index is 12.7. The number of terminal acetylenes is 1. The number of likely N-dealkylation sites (tertiary alicyclic amines) is 1. The molecule has 0 aromatic heterocycles. The number of rotatable bonds is 6. The maximum Gasteiger partial charge on any atom is 0.225 e. The average molecular weight is 330 g/mol. The second kappa shape index (κ2) is 8.60. The monoisotopic (exact) mass is 330 g/mol. The number of ether oxygens (including phenoxy) is 2. The largest absolute Gasteiger partial charge is 0.497 e. The first-order chi connectivity index (χ1) is 11.6. The fourth-order valence-electron chi connectivity index (χ4n) is 3.09. The van der Waals surface area contributed by atoms with E-state index in [9.17, 15) is 4.79 Å². The van der Waals surface area contributed by atoms with Gasteiger partial charge in [0.25, 0.3) is 0 Å². The molecule has 0 spiro atoms. The van der Waals surface area contributed by atoms with Gasteiger partial charge >= 0.3 is 0 Å². The van der Waals surface area contributed by atoms with Crippen LogP contribution in [0.25, 0.3) is 0 Å². The number of carbonyl (C=O) groups excluding carboxylic acids is 1. The summed E-state index contributed by atoms with van der Waals surface area (Å²) < 4.78 is 10.6. The highest BCUT2D eigenvalue weighted by Gasteiger charge is 2.27. The fraction of sp³-hybridized carbons (Fsp3) is 0.526. The first-order valence-corrected chi connectivity index (χ1v) is 8.20. The van der Waals surface area contributed by atoms with E-state index < -0.39 is 0 Å². The van der Waals surface area contributed by atoms with Gasteiger partial charge in [-0.25, -0.2) is 0 Å². The molecule has 1 fully saturated rings. The van der Waals surface area contributed by atoms with Crippen molar-refractivity contribution >= 4 is 5.91 Å². The molecule has 5 heteroatoms. The van der Waals surface area contributed by atoms with E-state index in [4.69, 9.17) is 15.9 Å². The fourth-order valence-corrected chi connectivity index (χ4v) is 3.09. The summed E-state index contributed by atoms with van der Waals surface area (Å²) in [6.07, 6.45) is 7.08. The maximum absolute atomic E-state index is 12.7. The Kier molecular flexibility index (Phi) is 6.51. The lowest BCUT2D eigenvalue weighted by Gasteiger charge is -2.32. The zero-order valence-corrected chi connectivity index (χ0v) is 14.7. The molecule has 1 aromatic rings. The lowest BCUT2D eigenvalue weighted by atomic mass is 9.95. The van der Waals surface area contributed by atoms with E-state index in [1.807, 2.05) is 25.2 Å². The van der Waals surface area contributed by atoms with Gasteiger partial charge < -0.3 is 14.4 Å². The molecule has 0 atom stereocenters. The van der Waals surface area contributed by atoms with Gasteiger partial charge in [-0.05, 0) is 38.1 Å². The molecular formula is C19H26N2O3. The van der Waals surface area contributed by atoms with Crippen LogP contribution in [-0.4, -0.2) is 56.6 Å². The summed E-state index contributed by atoms with van der Waals surface area (Å²) in [5.74, 6) is 4.41. The second-order valence-corrected chi connectivity index (χ2v) is 6.13. The first kappa shape index (κ1) is 18.2. The summed E-state index contributed by atoms with van der Waals surface area (Å²) in [5, 5.41) is 0. The number of benzene rings is 1. The van der Waals surface area contributed by atoms with Crippen LogP contribution in [0.5, 0.6) is 11.5 Å². The van der Waals surface area contributed by atoms with Crippen LogP contribution in [0.3, 0.4) is 0 Å². The molecule has 0 aliphatic carbocycles. The molecule has 1 amide bonds. The molecule has 0 saturated carbocycles. The van der Waals surface area contributed by atoms with Crippen LogP contribution in [0, 0.1) is 18.3 Å². The molecule has 2 rings (SSSR count). The van der Waals surface area contributed by atoms with Crippen molar-refractivity contribution in [3.63, 3.8) is 0 Å². The topological polar surface area (TPSA) is 42.0 Å². The van der Waals surface area contributed by atoms with Gasteiger partial charge in [0.15, 0.2) is 0 Å². The van der Waals surface area contributed by atoms with E-state index in [0.29, 0.717) is 13.1 Å². The van der Waals surface area contributed by atoms with Crippen LogP contribution in [0.2, 0.25) is 0 Å². The average Bonchev–Trinajstić information content (AvgIpc) is 2.62. The molecule has 1 aromatic carbocycles. The van der Waals surface area contributed by atoms with E-state index in [2.05, 4.69) is 10.8 Å². The highest BCUT2D eigenvalue weighted by molar-refractivity contribution is 5.78. The van der Waals surface area contributed by atoms with Crippen LogP contribution in [-0.2, 0) is 11.3 Å². The van der Waals surface area contributed by atoms with Gasteiger partial charge in [-0.2, -0.15) is 0 Å². The summed E-state index contributed by atoms with van der Waals surface area (Å²) in [5.41, 5.74) is 0.971. The summed E-state index contributed by atoms with van der Waals surface area (Å²) in [6.45, 7) is 2.97. The third-order valence-corrected chi connectivity index (χ3v) is 4.53. The van der Waals surface area contributed by atoms with E-state index in [0.717, 1.165) is 43.0 Å². The zero-order chi connectivity index (χ0) is 17.5. The van der Waals surface area contributed by atoms with E-state index in [1.165, 1.54) is 0 Å². The van der Waals surface area contributed by atoms with Crippen LogP contribution in [0.4, 0.5) is 0 Å². The Bertz CT molecular complexity index is 601. The van der Waals surface area contributed by atoms with Gasteiger partial charge in [-0.1, -0.05) is 5.92 Å². The van der Waals surface area contributed by atoms with Crippen LogP contribution < -0.4 is 9.47 Å². The molecule has 1 heterocycles. The number of nitrogens with zero attached hydrogens (tertiary/aromatic N) is 2. The van der Waals surface area contributed by atoms with Crippen molar-refractivity contribution in [3.05, 3.63) is 23.8 Å². The Hall–Kier alpha value is -2.19. The van der Waals surface area contributed by atoms with E-state index in [-0.39, 0.29) is 11.8 Å². The van der Waals surface area contributed by atoms with Gasteiger partial charge in [0.05, 0.1) is 20.8 Å². The van der Waals surface area contributed by atoms with E-state index >= 15 is 0 Å². The third-order valence-electron chi connectivity index (χ3n) is 4.53. The van der Waals surface area contributed by atoms with Crippen LogP contribution in [0.1, 0.15) is 18.4 Å². The zero-order valence-electron chi connectivity index (χ0n) is 14.7. The summed E-state index contributed by atoms with van der Waals surface area (Å²) in [6, 6.07) is 5.66. The van der Waals surface area contributed by atoms with Crippen LogP contribution in [0.15, 0.2) is 18.2 Å². The molecule has 24 heavy (non-hydrogen) atoms. The second-order valence-electron chi connectivity index (χ2n) is 6.13. The van der Waals surface area contributed by atoms with Crippen LogP contribution >= 0.6 is 0 Å². The summed E-state index contributed by atoms with van der Waals surface area (Å²) >= 11 is 0. The lowest BCUT2D eigenvalue weighted by molar-refractivity contribution is -0.136. The molecule has 0 bridgehead atoms. The Morgan fingerprint density at radius 3 is 2.62 bits per heavy atom. The minimum atomic E-state index is 0.0771. The molecule has 1 aliphatic heterocycles. The number of hydrogen-bond donors (Lipinski definition) is 0. The van der Waals surface area contributed by atoms with Crippen molar-refractivity contribution in [3.8, 4) is 23.8 Å². The molecule has 5 nitrogen and oxygen atoms in total. The predicted octanol–water partition coefficient (Wildman–Crippen LogP) is 2.01. The summed E-state index contributed by atoms with van der Waals surface area (Å²) in [4.78, 5) is 16.7. The molecule has 130 valence electrons. The van der Waals surface area contributed by atoms with Crippen molar-refractivity contribution in [2.45, 2.75) is 19.4 Å².